The predicted molar refractivity (Wildman–Crippen MR) is 109 cm³/mol. The van der Waals surface area contributed by atoms with E-state index in [0.29, 0.717) is 5.92 Å². The molecule has 0 aliphatic carbocycles. The zero-order chi connectivity index (χ0) is 19.1. The zero-order valence-electron chi connectivity index (χ0n) is 17.4. The molecule has 146 valence electrons. The van der Waals surface area contributed by atoms with Gasteiger partial charge >= 0.3 is 0 Å². The van der Waals surface area contributed by atoms with Crippen molar-refractivity contribution in [1.82, 2.24) is 0 Å². The summed E-state index contributed by atoms with van der Waals surface area (Å²) in [5, 5.41) is 0. The van der Waals surface area contributed by atoms with E-state index in [4.69, 9.17) is 9.47 Å². The Kier molecular flexibility index (Phi) is 4.77. The Morgan fingerprint density at radius 3 is 2.63 bits per heavy atom. The van der Waals surface area contributed by atoms with Crippen LogP contribution in [0.4, 0.5) is 0 Å². The van der Waals surface area contributed by atoms with Crippen molar-refractivity contribution in [3.63, 3.8) is 0 Å². The standard InChI is InChI=1S/C24H34NO2/c1-23(2)20-13-15-24(3,14-10-18-25(4)16-8-5-9-17-25)27-22(20)19-11-6-7-12-21(19)26-23/h6-7,11-12,20,22H,5,8-9,13,15-18H2,1-4H3/q+1/t20-,22+,24+/m0/s1. The maximum Gasteiger partial charge on any atom is 0.140 e. The Hall–Kier alpha value is -1.50. The molecule has 1 aromatic rings. The van der Waals surface area contributed by atoms with Gasteiger partial charge < -0.3 is 14.0 Å². The van der Waals surface area contributed by atoms with Crippen LogP contribution in [0.5, 0.6) is 5.75 Å². The minimum Gasteiger partial charge on any atom is -0.487 e. The predicted octanol–water partition coefficient (Wildman–Crippen LogP) is 4.72. The van der Waals surface area contributed by atoms with Gasteiger partial charge in [-0.25, -0.2) is 0 Å². The van der Waals surface area contributed by atoms with E-state index in [-0.39, 0.29) is 17.3 Å². The molecular weight excluding hydrogens is 334 g/mol. The van der Waals surface area contributed by atoms with E-state index in [0.717, 1.165) is 29.6 Å². The van der Waals surface area contributed by atoms with E-state index < -0.39 is 0 Å². The number of rotatable bonds is 1. The highest BCUT2D eigenvalue weighted by Crippen LogP contribution is 2.52. The van der Waals surface area contributed by atoms with E-state index in [1.165, 1.54) is 37.9 Å². The van der Waals surface area contributed by atoms with Crippen LogP contribution < -0.4 is 4.74 Å². The molecule has 3 heteroatoms. The van der Waals surface area contributed by atoms with Gasteiger partial charge in [-0.3, -0.25) is 0 Å². The molecule has 3 aliphatic rings. The highest BCUT2D eigenvalue weighted by molar-refractivity contribution is 5.39. The SMILES string of the molecule is CC1(C)Oc2ccccc2[C@H]2O[C@](C)(C#CC[N+]3(C)CCCCC3)CC[C@@H]21. The second kappa shape index (κ2) is 6.83. The van der Waals surface area contributed by atoms with Crippen molar-refractivity contribution in [1.29, 1.82) is 0 Å². The Labute approximate surface area is 164 Å². The Morgan fingerprint density at radius 1 is 1.11 bits per heavy atom. The zero-order valence-corrected chi connectivity index (χ0v) is 17.4. The van der Waals surface area contributed by atoms with Gasteiger partial charge in [-0.1, -0.05) is 24.1 Å². The maximum atomic E-state index is 6.70. The molecule has 0 spiro atoms. The summed E-state index contributed by atoms with van der Waals surface area (Å²) >= 11 is 0. The van der Waals surface area contributed by atoms with Gasteiger partial charge in [0.1, 0.15) is 23.5 Å². The molecule has 0 N–H and O–H groups in total. The largest absolute Gasteiger partial charge is 0.487 e. The van der Waals surface area contributed by atoms with E-state index >= 15 is 0 Å². The molecule has 0 radical (unpaired) electrons. The minimum absolute atomic E-state index is 0.0674. The summed E-state index contributed by atoms with van der Waals surface area (Å²) in [5.74, 6) is 8.38. The van der Waals surface area contributed by atoms with Crippen molar-refractivity contribution in [2.45, 2.75) is 70.2 Å². The number of ether oxygens (including phenoxy) is 2. The fourth-order valence-electron chi connectivity index (χ4n) is 5.11. The van der Waals surface area contributed by atoms with Crippen LogP contribution in [0.2, 0.25) is 0 Å². The number of quaternary nitrogens is 1. The second-order valence-electron chi connectivity index (χ2n) is 9.75. The molecule has 2 saturated heterocycles. The van der Waals surface area contributed by atoms with Gasteiger partial charge in [-0.15, -0.1) is 0 Å². The molecule has 3 atom stereocenters. The normalized spacial score (nSPS) is 33.6. The molecule has 0 amide bonds. The highest BCUT2D eigenvalue weighted by Gasteiger charge is 2.50. The number of hydrogen-bond acceptors (Lipinski definition) is 2. The van der Waals surface area contributed by atoms with Crippen molar-refractivity contribution < 1.29 is 14.0 Å². The van der Waals surface area contributed by atoms with Gasteiger partial charge in [0.15, 0.2) is 0 Å². The van der Waals surface area contributed by atoms with Gasteiger partial charge in [-0.05, 0) is 64.9 Å². The summed E-state index contributed by atoms with van der Waals surface area (Å²) in [6, 6.07) is 8.34. The van der Waals surface area contributed by atoms with Crippen LogP contribution in [0.3, 0.4) is 0 Å². The number of para-hydroxylation sites is 1. The van der Waals surface area contributed by atoms with Gasteiger partial charge in [-0.2, -0.15) is 0 Å². The van der Waals surface area contributed by atoms with Gasteiger partial charge in [0.25, 0.3) is 0 Å². The molecule has 2 fully saturated rings. The highest BCUT2D eigenvalue weighted by atomic mass is 16.5. The number of piperidine rings is 1. The first-order valence-corrected chi connectivity index (χ1v) is 10.6. The van der Waals surface area contributed by atoms with Crippen LogP contribution in [0.1, 0.15) is 64.5 Å². The third-order valence-electron chi connectivity index (χ3n) is 6.89. The second-order valence-corrected chi connectivity index (χ2v) is 9.75. The molecule has 1 aromatic carbocycles. The van der Waals surface area contributed by atoms with Crippen LogP contribution in [-0.4, -0.2) is 42.4 Å². The minimum atomic E-state index is -0.364. The number of likely N-dealkylation sites (tertiary alicyclic amines) is 1. The van der Waals surface area contributed by atoms with Crippen LogP contribution in [0.15, 0.2) is 24.3 Å². The number of nitrogens with zero attached hydrogens (tertiary/aromatic N) is 1. The lowest BCUT2D eigenvalue weighted by Gasteiger charge is -2.50. The Balaban J connectivity index is 1.54. The molecule has 0 bridgehead atoms. The van der Waals surface area contributed by atoms with Gasteiger partial charge in [0.05, 0.1) is 26.2 Å². The molecule has 3 nitrogen and oxygen atoms in total. The molecule has 4 rings (SSSR count). The van der Waals surface area contributed by atoms with Crippen molar-refractivity contribution >= 4 is 0 Å². The summed E-state index contributed by atoms with van der Waals surface area (Å²) in [5.41, 5.74) is 0.612. The average molecular weight is 369 g/mol. The maximum absolute atomic E-state index is 6.70. The fraction of sp³-hybridized carbons (Fsp3) is 0.667. The third-order valence-corrected chi connectivity index (χ3v) is 6.89. The molecule has 0 saturated carbocycles. The van der Waals surface area contributed by atoms with Crippen molar-refractivity contribution in [3.8, 4) is 17.6 Å². The first-order valence-electron chi connectivity index (χ1n) is 10.6. The number of hydrogen-bond donors (Lipinski definition) is 0. The average Bonchev–Trinajstić information content (AvgIpc) is 2.61. The van der Waals surface area contributed by atoms with Crippen LogP contribution in [0.25, 0.3) is 0 Å². The van der Waals surface area contributed by atoms with Crippen LogP contribution in [-0.2, 0) is 4.74 Å². The fourth-order valence-corrected chi connectivity index (χ4v) is 5.11. The third kappa shape index (κ3) is 3.75. The van der Waals surface area contributed by atoms with Crippen molar-refractivity contribution in [2.24, 2.45) is 5.92 Å². The summed E-state index contributed by atoms with van der Waals surface area (Å²) in [6.07, 6.45) is 6.17. The quantitative estimate of drug-likeness (QED) is 0.528. The van der Waals surface area contributed by atoms with Crippen molar-refractivity contribution in [3.05, 3.63) is 29.8 Å². The smallest absolute Gasteiger partial charge is 0.140 e. The van der Waals surface area contributed by atoms with Crippen molar-refractivity contribution in [2.75, 3.05) is 26.7 Å². The van der Waals surface area contributed by atoms with E-state index in [1.54, 1.807) is 0 Å². The van der Waals surface area contributed by atoms with Gasteiger partial charge in [0.2, 0.25) is 0 Å². The van der Waals surface area contributed by atoms with E-state index in [1.807, 2.05) is 6.07 Å². The Bertz CT molecular complexity index is 753. The topological polar surface area (TPSA) is 18.5 Å². The first kappa shape index (κ1) is 18.8. The molecule has 3 aliphatic heterocycles. The van der Waals surface area contributed by atoms with Crippen LogP contribution >= 0.6 is 0 Å². The number of benzene rings is 1. The van der Waals surface area contributed by atoms with Gasteiger partial charge in [0, 0.05) is 11.5 Å². The first-order chi connectivity index (χ1) is 12.8. The lowest BCUT2D eigenvalue weighted by atomic mass is 9.73. The van der Waals surface area contributed by atoms with E-state index in [9.17, 15) is 0 Å². The lowest BCUT2D eigenvalue weighted by molar-refractivity contribution is -0.907. The molecule has 0 unspecified atom stereocenters. The lowest BCUT2D eigenvalue weighted by Crippen LogP contribution is -2.51. The summed E-state index contributed by atoms with van der Waals surface area (Å²) < 4.78 is 14.1. The summed E-state index contributed by atoms with van der Waals surface area (Å²) in [6.45, 7) is 10.0. The summed E-state index contributed by atoms with van der Waals surface area (Å²) in [7, 11) is 2.35. The molecule has 3 heterocycles. The molecule has 27 heavy (non-hydrogen) atoms. The monoisotopic (exact) mass is 368 g/mol. The Morgan fingerprint density at radius 2 is 1.85 bits per heavy atom. The van der Waals surface area contributed by atoms with Crippen LogP contribution in [0, 0.1) is 17.8 Å². The van der Waals surface area contributed by atoms with E-state index in [2.05, 4.69) is 57.9 Å². The molecule has 0 aromatic heterocycles. The summed E-state index contributed by atoms with van der Waals surface area (Å²) in [4.78, 5) is 0. The number of fused-ring (bicyclic) bond motifs is 3. The molecular formula is C24H34NO2+.